The predicted molar refractivity (Wildman–Crippen MR) is 75.4 cm³/mol. The van der Waals surface area contributed by atoms with Gasteiger partial charge in [-0.1, -0.05) is 18.2 Å². The fourth-order valence-electron chi connectivity index (χ4n) is 2.55. The third kappa shape index (κ3) is 3.70. The van der Waals surface area contributed by atoms with Crippen LogP contribution in [-0.2, 0) is 11.2 Å². The van der Waals surface area contributed by atoms with Crippen LogP contribution in [0, 0.1) is 0 Å². The molecule has 0 radical (unpaired) electrons. The van der Waals surface area contributed by atoms with E-state index in [1.807, 2.05) is 24.3 Å². The molecule has 1 N–H and O–H groups in total. The van der Waals surface area contributed by atoms with Crippen molar-refractivity contribution >= 4 is 5.91 Å². The lowest BCUT2D eigenvalue weighted by Crippen LogP contribution is -2.38. The molecule has 1 atom stereocenters. The van der Waals surface area contributed by atoms with Crippen molar-refractivity contribution in [3.8, 4) is 5.75 Å². The number of hydrogen-bond acceptors (Lipinski definition) is 3. The van der Waals surface area contributed by atoms with Crippen molar-refractivity contribution in [2.24, 2.45) is 0 Å². The highest BCUT2D eigenvalue weighted by Gasteiger charge is 2.21. The van der Waals surface area contributed by atoms with Gasteiger partial charge in [0, 0.05) is 18.2 Å². The van der Waals surface area contributed by atoms with E-state index in [1.165, 1.54) is 12.8 Å². The highest BCUT2D eigenvalue weighted by atomic mass is 16.5. The summed E-state index contributed by atoms with van der Waals surface area (Å²) >= 11 is 0. The number of nitrogens with one attached hydrogen (secondary N) is 1. The molecule has 0 bridgehead atoms. The van der Waals surface area contributed by atoms with Crippen molar-refractivity contribution < 1.29 is 9.53 Å². The molecule has 4 heteroatoms. The van der Waals surface area contributed by atoms with Crippen LogP contribution >= 0.6 is 0 Å². The molecular weight excluding hydrogens is 240 g/mol. The number of rotatable bonds is 5. The molecule has 1 heterocycles. The van der Waals surface area contributed by atoms with Gasteiger partial charge in [0.05, 0.1) is 13.5 Å². The molecule has 0 spiro atoms. The number of para-hydroxylation sites is 1. The second kappa shape index (κ2) is 6.57. The minimum atomic E-state index is 0.0600. The van der Waals surface area contributed by atoms with E-state index in [0.29, 0.717) is 12.5 Å². The highest BCUT2D eigenvalue weighted by Crippen LogP contribution is 2.18. The average molecular weight is 262 g/mol. The Morgan fingerprint density at radius 1 is 1.47 bits per heavy atom. The molecule has 0 aromatic heterocycles. The summed E-state index contributed by atoms with van der Waals surface area (Å²) in [6, 6.07) is 8.14. The summed E-state index contributed by atoms with van der Waals surface area (Å²) in [5.41, 5.74) is 0.933. The summed E-state index contributed by atoms with van der Waals surface area (Å²) < 4.78 is 5.25. The van der Waals surface area contributed by atoms with Crippen molar-refractivity contribution in [1.82, 2.24) is 10.2 Å². The van der Waals surface area contributed by atoms with Gasteiger partial charge in [-0.05, 0) is 32.5 Å². The number of likely N-dealkylation sites (N-methyl/N-ethyl adjacent to an activating group) is 1. The van der Waals surface area contributed by atoms with Crippen molar-refractivity contribution in [1.29, 1.82) is 0 Å². The van der Waals surface area contributed by atoms with Crippen molar-refractivity contribution in [2.75, 3.05) is 27.2 Å². The second-order valence-electron chi connectivity index (χ2n) is 5.07. The maximum Gasteiger partial charge on any atom is 0.224 e. The van der Waals surface area contributed by atoms with Crippen LogP contribution in [0.15, 0.2) is 24.3 Å². The highest BCUT2D eigenvalue weighted by molar-refractivity contribution is 5.79. The first kappa shape index (κ1) is 13.9. The number of hydrogen-bond donors (Lipinski definition) is 1. The Balaban J connectivity index is 1.84. The molecule has 1 amide bonds. The Morgan fingerprint density at radius 3 is 2.95 bits per heavy atom. The molecule has 0 unspecified atom stereocenters. The largest absolute Gasteiger partial charge is 0.496 e. The molecule has 0 saturated carbocycles. The van der Waals surface area contributed by atoms with Crippen LogP contribution in [0.3, 0.4) is 0 Å². The fraction of sp³-hybridized carbons (Fsp3) is 0.533. The topological polar surface area (TPSA) is 41.6 Å². The molecule has 4 nitrogen and oxygen atoms in total. The number of nitrogens with zero attached hydrogens (tertiary/aromatic N) is 1. The Labute approximate surface area is 114 Å². The van der Waals surface area contributed by atoms with Gasteiger partial charge in [-0.15, -0.1) is 0 Å². The molecule has 1 aromatic rings. The van der Waals surface area contributed by atoms with Crippen LogP contribution in [0.25, 0.3) is 0 Å². The molecule has 2 rings (SSSR count). The van der Waals surface area contributed by atoms with E-state index < -0.39 is 0 Å². The average Bonchev–Trinajstić information content (AvgIpc) is 2.82. The van der Waals surface area contributed by atoms with Crippen LogP contribution in [0.4, 0.5) is 0 Å². The lowest BCUT2D eigenvalue weighted by molar-refractivity contribution is -0.120. The zero-order chi connectivity index (χ0) is 13.7. The number of carbonyl (C=O) groups is 1. The van der Waals surface area contributed by atoms with E-state index in [-0.39, 0.29) is 5.91 Å². The maximum atomic E-state index is 12.0. The zero-order valence-corrected chi connectivity index (χ0v) is 11.7. The summed E-state index contributed by atoms with van der Waals surface area (Å²) in [5, 5.41) is 3.02. The summed E-state index contributed by atoms with van der Waals surface area (Å²) in [6.07, 6.45) is 2.77. The molecule has 1 fully saturated rings. The Hall–Kier alpha value is -1.55. The summed E-state index contributed by atoms with van der Waals surface area (Å²) in [4.78, 5) is 14.3. The number of methoxy groups -OCH3 is 1. The summed E-state index contributed by atoms with van der Waals surface area (Å²) in [5.74, 6) is 0.834. The van der Waals surface area contributed by atoms with E-state index >= 15 is 0 Å². The first-order chi connectivity index (χ1) is 9.20. The number of benzene rings is 1. The van der Waals surface area contributed by atoms with Crippen LogP contribution in [0.2, 0.25) is 0 Å². The van der Waals surface area contributed by atoms with Crippen molar-refractivity contribution in [3.05, 3.63) is 29.8 Å². The molecule has 104 valence electrons. The maximum absolute atomic E-state index is 12.0. The second-order valence-corrected chi connectivity index (χ2v) is 5.07. The van der Waals surface area contributed by atoms with Crippen LogP contribution in [0.1, 0.15) is 18.4 Å². The van der Waals surface area contributed by atoms with Gasteiger partial charge in [0.2, 0.25) is 5.91 Å². The third-order valence-electron chi connectivity index (χ3n) is 3.75. The van der Waals surface area contributed by atoms with Gasteiger partial charge in [0.1, 0.15) is 5.75 Å². The fourth-order valence-corrected chi connectivity index (χ4v) is 2.55. The molecule has 1 aliphatic rings. The Bertz CT molecular complexity index is 434. The Morgan fingerprint density at radius 2 is 2.26 bits per heavy atom. The van der Waals surface area contributed by atoms with Gasteiger partial charge in [0.25, 0.3) is 0 Å². The van der Waals surface area contributed by atoms with Crippen LogP contribution < -0.4 is 10.1 Å². The SMILES string of the molecule is COc1ccccc1CC(=O)NC[C@H]1CCCN1C. The number of ether oxygens (including phenoxy) is 1. The molecule has 19 heavy (non-hydrogen) atoms. The quantitative estimate of drug-likeness (QED) is 0.873. The first-order valence-electron chi connectivity index (χ1n) is 6.79. The monoisotopic (exact) mass is 262 g/mol. The van der Waals surface area contributed by atoms with E-state index in [2.05, 4.69) is 17.3 Å². The zero-order valence-electron chi connectivity index (χ0n) is 11.7. The number of carbonyl (C=O) groups excluding carboxylic acids is 1. The minimum Gasteiger partial charge on any atom is -0.496 e. The van der Waals surface area contributed by atoms with Crippen LogP contribution in [-0.4, -0.2) is 44.1 Å². The first-order valence-corrected chi connectivity index (χ1v) is 6.79. The lowest BCUT2D eigenvalue weighted by atomic mass is 10.1. The van der Waals surface area contributed by atoms with Gasteiger partial charge in [0.15, 0.2) is 0 Å². The lowest BCUT2D eigenvalue weighted by Gasteiger charge is -2.19. The van der Waals surface area contributed by atoms with Gasteiger partial charge in [-0.25, -0.2) is 0 Å². The standard InChI is InChI=1S/C15H22N2O2/c1-17-9-5-7-13(17)11-16-15(18)10-12-6-3-4-8-14(12)19-2/h3-4,6,8,13H,5,7,9-11H2,1-2H3,(H,16,18)/t13-/m1/s1. The minimum absolute atomic E-state index is 0.0600. The van der Waals surface area contributed by atoms with Crippen molar-refractivity contribution in [3.63, 3.8) is 0 Å². The van der Waals surface area contributed by atoms with E-state index in [4.69, 9.17) is 4.74 Å². The molecule has 1 saturated heterocycles. The van der Waals surface area contributed by atoms with Gasteiger partial charge in [-0.3, -0.25) is 4.79 Å². The third-order valence-corrected chi connectivity index (χ3v) is 3.75. The normalized spacial score (nSPS) is 19.4. The van der Waals surface area contributed by atoms with Gasteiger partial charge in [-0.2, -0.15) is 0 Å². The smallest absolute Gasteiger partial charge is 0.224 e. The molecular formula is C15H22N2O2. The molecule has 1 aliphatic heterocycles. The Kier molecular flexibility index (Phi) is 4.80. The van der Waals surface area contributed by atoms with Crippen molar-refractivity contribution in [2.45, 2.75) is 25.3 Å². The van der Waals surface area contributed by atoms with Crippen LogP contribution in [0.5, 0.6) is 5.75 Å². The van der Waals surface area contributed by atoms with E-state index in [9.17, 15) is 4.79 Å². The van der Waals surface area contributed by atoms with Gasteiger partial charge >= 0.3 is 0 Å². The predicted octanol–water partition coefficient (Wildman–Crippen LogP) is 1.45. The van der Waals surface area contributed by atoms with E-state index in [1.54, 1.807) is 7.11 Å². The summed E-state index contributed by atoms with van der Waals surface area (Å²) in [6.45, 7) is 1.87. The van der Waals surface area contributed by atoms with E-state index in [0.717, 1.165) is 24.4 Å². The summed E-state index contributed by atoms with van der Waals surface area (Å²) in [7, 11) is 3.74. The van der Waals surface area contributed by atoms with Gasteiger partial charge < -0.3 is 15.0 Å². The number of amides is 1. The molecule has 0 aliphatic carbocycles. The number of likely N-dealkylation sites (tertiary alicyclic amines) is 1. The molecule has 1 aromatic carbocycles.